The van der Waals surface area contributed by atoms with Crippen molar-refractivity contribution in [1.82, 2.24) is 5.32 Å². The Morgan fingerprint density at radius 3 is 2.94 bits per heavy atom. The summed E-state index contributed by atoms with van der Waals surface area (Å²) in [5, 5.41) is 2.76. The first-order valence-corrected chi connectivity index (χ1v) is 6.96. The zero-order chi connectivity index (χ0) is 12.8. The van der Waals surface area contributed by atoms with Crippen molar-refractivity contribution in [3.63, 3.8) is 0 Å². The van der Waals surface area contributed by atoms with Gasteiger partial charge in [-0.3, -0.25) is 4.79 Å². The average Bonchev–Trinajstić information content (AvgIpc) is 2.29. The number of rotatable bonds is 5. The maximum absolute atomic E-state index is 13.1. The molecule has 0 spiro atoms. The normalized spacial score (nSPS) is 10.3. The van der Waals surface area contributed by atoms with E-state index in [-0.39, 0.29) is 11.7 Å². The van der Waals surface area contributed by atoms with Gasteiger partial charge in [0, 0.05) is 17.1 Å². The van der Waals surface area contributed by atoms with Crippen LogP contribution in [0, 0.1) is 5.82 Å². The van der Waals surface area contributed by atoms with E-state index in [1.807, 2.05) is 6.92 Å². The van der Waals surface area contributed by atoms with E-state index in [0.29, 0.717) is 21.6 Å². The Morgan fingerprint density at radius 2 is 2.29 bits per heavy atom. The molecule has 0 heterocycles. The highest BCUT2D eigenvalue weighted by Gasteiger charge is 2.08. The van der Waals surface area contributed by atoms with Crippen LogP contribution in [0.5, 0.6) is 0 Å². The molecule has 0 aromatic heterocycles. The zero-order valence-electron chi connectivity index (χ0n) is 9.43. The Kier molecular flexibility index (Phi) is 5.77. The summed E-state index contributed by atoms with van der Waals surface area (Å²) in [5.41, 5.74) is 6.01. The van der Waals surface area contributed by atoms with Crippen LogP contribution in [-0.4, -0.2) is 18.2 Å². The topological polar surface area (TPSA) is 55.1 Å². The number of thioether (sulfide) groups is 1. The Labute approximate surface area is 112 Å². The monoisotopic (exact) mass is 320 g/mol. The predicted molar refractivity (Wildman–Crippen MR) is 72.5 cm³/mol. The number of nitrogen functional groups attached to an aromatic ring is 1. The van der Waals surface area contributed by atoms with E-state index in [9.17, 15) is 9.18 Å². The van der Waals surface area contributed by atoms with Crippen molar-refractivity contribution >= 4 is 39.3 Å². The van der Waals surface area contributed by atoms with E-state index in [0.717, 1.165) is 6.42 Å². The number of carbonyl (C=O) groups excluding carboxylic acids is 1. The predicted octanol–water partition coefficient (Wildman–Crippen LogP) is 2.79. The van der Waals surface area contributed by atoms with Crippen LogP contribution in [0.2, 0.25) is 0 Å². The molecule has 6 heteroatoms. The summed E-state index contributed by atoms with van der Waals surface area (Å²) >= 11 is 4.38. The Balaban J connectivity index is 2.57. The van der Waals surface area contributed by atoms with E-state index in [4.69, 9.17) is 5.73 Å². The van der Waals surface area contributed by atoms with Gasteiger partial charge in [-0.1, -0.05) is 6.92 Å². The molecule has 0 aliphatic rings. The average molecular weight is 321 g/mol. The molecule has 1 rings (SSSR count). The van der Waals surface area contributed by atoms with Crippen molar-refractivity contribution in [1.29, 1.82) is 0 Å². The van der Waals surface area contributed by atoms with E-state index in [1.165, 1.54) is 17.8 Å². The molecule has 0 saturated carbocycles. The molecule has 1 amide bonds. The van der Waals surface area contributed by atoms with Crippen molar-refractivity contribution in [2.24, 2.45) is 0 Å². The first-order chi connectivity index (χ1) is 8.04. The van der Waals surface area contributed by atoms with Crippen LogP contribution in [0.1, 0.15) is 13.3 Å². The Hall–Kier alpha value is -0.750. The van der Waals surface area contributed by atoms with Gasteiger partial charge in [0.1, 0.15) is 5.82 Å². The SMILES string of the molecule is CCCNC(=O)CSc1cc(Br)c(F)cc1N. The molecule has 0 radical (unpaired) electrons. The van der Waals surface area contributed by atoms with Gasteiger partial charge in [0.2, 0.25) is 5.91 Å². The van der Waals surface area contributed by atoms with Gasteiger partial charge in [-0.2, -0.15) is 0 Å². The van der Waals surface area contributed by atoms with E-state index >= 15 is 0 Å². The first kappa shape index (κ1) is 14.3. The van der Waals surface area contributed by atoms with Crippen molar-refractivity contribution in [2.75, 3.05) is 18.0 Å². The molecule has 17 heavy (non-hydrogen) atoms. The summed E-state index contributed by atoms with van der Waals surface area (Å²) in [7, 11) is 0. The number of amides is 1. The molecule has 0 saturated heterocycles. The second-order valence-electron chi connectivity index (χ2n) is 3.44. The fraction of sp³-hybridized carbons (Fsp3) is 0.364. The number of halogens is 2. The quantitative estimate of drug-likeness (QED) is 0.648. The molecule has 0 fully saturated rings. The number of nitrogens with one attached hydrogen (secondary N) is 1. The molecule has 0 atom stereocenters. The van der Waals surface area contributed by atoms with E-state index in [2.05, 4.69) is 21.2 Å². The molecular formula is C11H14BrFN2OS. The summed E-state index contributed by atoms with van der Waals surface area (Å²) in [6, 6.07) is 2.83. The fourth-order valence-corrected chi connectivity index (χ4v) is 2.44. The largest absolute Gasteiger partial charge is 0.398 e. The third kappa shape index (κ3) is 4.55. The van der Waals surface area contributed by atoms with Gasteiger partial charge >= 0.3 is 0 Å². The van der Waals surface area contributed by atoms with Crippen LogP contribution >= 0.6 is 27.7 Å². The van der Waals surface area contributed by atoms with Crippen molar-refractivity contribution < 1.29 is 9.18 Å². The summed E-state index contributed by atoms with van der Waals surface area (Å²) in [6.07, 6.45) is 0.903. The van der Waals surface area contributed by atoms with Crippen molar-refractivity contribution in [3.8, 4) is 0 Å². The Morgan fingerprint density at radius 1 is 1.59 bits per heavy atom. The van der Waals surface area contributed by atoms with E-state index in [1.54, 1.807) is 6.07 Å². The van der Waals surface area contributed by atoms with Crippen LogP contribution in [0.3, 0.4) is 0 Å². The minimum Gasteiger partial charge on any atom is -0.398 e. The maximum atomic E-state index is 13.1. The van der Waals surface area contributed by atoms with Gasteiger partial charge in [0.05, 0.1) is 10.2 Å². The molecule has 0 aliphatic heterocycles. The van der Waals surface area contributed by atoms with Crippen LogP contribution in [-0.2, 0) is 4.79 Å². The second-order valence-corrected chi connectivity index (χ2v) is 5.31. The molecule has 3 N–H and O–H groups in total. The van der Waals surface area contributed by atoms with Crippen LogP contribution in [0.15, 0.2) is 21.5 Å². The first-order valence-electron chi connectivity index (χ1n) is 5.18. The molecule has 94 valence electrons. The molecular weight excluding hydrogens is 307 g/mol. The van der Waals surface area contributed by atoms with Gasteiger partial charge < -0.3 is 11.1 Å². The number of hydrogen-bond donors (Lipinski definition) is 2. The van der Waals surface area contributed by atoms with Gasteiger partial charge in [-0.15, -0.1) is 11.8 Å². The summed E-state index contributed by atoms with van der Waals surface area (Å²) in [4.78, 5) is 12.1. The standard InChI is InChI=1S/C11H14BrFN2OS/c1-2-3-15-11(16)6-17-10-4-7(12)8(13)5-9(10)14/h4-5H,2-3,6,14H2,1H3,(H,15,16). The summed E-state index contributed by atoms with van der Waals surface area (Å²) < 4.78 is 13.5. The third-order valence-corrected chi connectivity index (χ3v) is 3.66. The Bertz CT molecular complexity index is 415. The van der Waals surface area contributed by atoms with Crippen LogP contribution in [0.25, 0.3) is 0 Å². The fourth-order valence-electron chi connectivity index (χ4n) is 1.13. The molecule has 0 unspecified atom stereocenters. The second kappa shape index (κ2) is 6.86. The van der Waals surface area contributed by atoms with Gasteiger partial charge in [-0.05, 0) is 34.5 Å². The van der Waals surface area contributed by atoms with Gasteiger partial charge in [0.25, 0.3) is 0 Å². The van der Waals surface area contributed by atoms with Gasteiger partial charge in [-0.25, -0.2) is 4.39 Å². The highest BCUT2D eigenvalue weighted by Crippen LogP contribution is 2.30. The smallest absolute Gasteiger partial charge is 0.230 e. The zero-order valence-corrected chi connectivity index (χ0v) is 11.8. The lowest BCUT2D eigenvalue weighted by Crippen LogP contribution is -2.25. The van der Waals surface area contributed by atoms with Crippen molar-refractivity contribution in [3.05, 3.63) is 22.4 Å². The van der Waals surface area contributed by atoms with Crippen LogP contribution in [0.4, 0.5) is 10.1 Å². The van der Waals surface area contributed by atoms with Crippen molar-refractivity contribution in [2.45, 2.75) is 18.2 Å². The molecule has 0 aliphatic carbocycles. The van der Waals surface area contributed by atoms with Crippen LogP contribution < -0.4 is 11.1 Å². The minimum absolute atomic E-state index is 0.0447. The molecule has 1 aromatic carbocycles. The molecule has 0 bridgehead atoms. The number of nitrogens with two attached hydrogens (primary N) is 1. The lowest BCUT2D eigenvalue weighted by atomic mass is 10.3. The number of benzene rings is 1. The molecule has 3 nitrogen and oxygen atoms in total. The highest BCUT2D eigenvalue weighted by molar-refractivity contribution is 9.10. The summed E-state index contributed by atoms with van der Waals surface area (Å²) in [6.45, 7) is 2.66. The van der Waals surface area contributed by atoms with Gasteiger partial charge in [0.15, 0.2) is 0 Å². The number of hydrogen-bond acceptors (Lipinski definition) is 3. The summed E-state index contributed by atoms with van der Waals surface area (Å²) in [5.74, 6) is -0.165. The minimum atomic E-state index is -0.401. The number of carbonyl (C=O) groups is 1. The lowest BCUT2D eigenvalue weighted by molar-refractivity contribution is -0.118. The molecule has 1 aromatic rings. The third-order valence-electron chi connectivity index (χ3n) is 1.98. The van der Waals surface area contributed by atoms with E-state index < -0.39 is 5.82 Å². The maximum Gasteiger partial charge on any atom is 0.230 e. The highest BCUT2D eigenvalue weighted by atomic mass is 79.9. The number of anilines is 1. The lowest BCUT2D eigenvalue weighted by Gasteiger charge is -2.07.